The lowest BCUT2D eigenvalue weighted by atomic mass is 10.2. The highest BCUT2D eigenvalue weighted by Gasteiger charge is 2.27. The van der Waals surface area contributed by atoms with Crippen molar-refractivity contribution in [3.8, 4) is 0 Å². The van der Waals surface area contributed by atoms with Gasteiger partial charge in [0.2, 0.25) is 5.91 Å². The van der Waals surface area contributed by atoms with Crippen LogP contribution in [0.4, 0.5) is 0 Å². The van der Waals surface area contributed by atoms with Gasteiger partial charge in [-0.2, -0.15) is 0 Å². The molecule has 6 nitrogen and oxygen atoms in total. The first-order chi connectivity index (χ1) is 12.2. The minimum Gasteiger partial charge on any atom is -0.392 e. The molecule has 2 fully saturated rings. The van der Waals surface area contributed by atoms with Gasteiger partial charge in [0, 0.05) is 45.8 Å². The number of rotatable bonds is 7. The summed E-state index contributed by atoms with van der Waals surface area (Å²) in [5.41, 5.74) is 1.38. The normalized spacial score (nSPS) is 25.2. The minimum absolute atomic E-state index is 0.0178. The highest BCUT2D eigenvalue weighted by Crippen LogP contribution is 2.09. The van der Waals surface area contributed by atoms with Crippen LogP contribution in [0.5, 0.6) is 0 Å². The number of hydrogen-bond acceptors (Lipinski definition) is 5. The van der Waals surface area contributed by atoms with E-state index in [0.717, 1.165) is 45.7 Å². The van der Waals surface area contributed by atoms with Crippen molar-refractivity contribution in [3.63, 3.8) is 0 Å². The van der Waals surface area contributed by atoms with Crippen molar-refractivity contribution >= 4 is 5.91 Å². The first kappa shape index (κ1) is 18.3. The fourth-order valence-corrected chi connectivity index (χ4v) is 3.57. The van der Waals surface area contributed by atoms with E-state index in [1.807, 2.05) is 0 Å². The number of nitrogens with zero attached hydrogens (tertiary/aromatic N) is 2. The first-order valence-electron chi connectivity index (χ1n) is 9.38. The van der Waals surface area contributed by atoms with Crippen molar-refractivity contribution < 1.29 is 9.90 Å². The zero-order chi connectivity index (χ0) is 17.5. The van der Waals surface area contributed by atoms with Crippen LogP contribution in [0.3, 0.4) is 0 Å². The molecule has 3 N–H and O–H groups in total. The van der Waals surface area contributed by atoms with Crippen molar-refractivity contribution in [2.24, 2.45) is 0 Å². The number of β-amino-alcohol motifs (C(OH)–C–C–N with tert-alkyl or cyclic N) is 1. The molecule has 3 rings (SSSR count). The van der Waals surface area contributed by atoms with Crippen molar-refractivity contribution in [1.29, 1.82) is 0 Å². The Morgan fingerprint density at radius 3 is 2.56 bits per heavy atom. The summed E-state index contributed by atoms with van der Waals surface area (Å²) in [5, 5.41) is 15.5. The molecule has 2 aliphatic heterocycles. The molecule has 2 saturated heterocycles. The average Bonchev–Trinajstić information content (AvgIpc) is 3.07. The Morgan fingerprint density at radius 2 is 1.88 bits per heavy atom. The second-order valence-electron chi connectivity index (χ2n) is 7.10. The van der Waals surface area contributed by atoms with Crippen molar-refractivity contribution in [2.75, 3.05) is 45.8 Å². The van der Waals surface area contributed by atoms with Crippen LogP contribution in [0.15, 0.2) is 30.3 Å². The van der Waals surface area contributed by atoms with Gasteiger partial charge in [-0.1, -0.05) is 30.3 Å². The third-order valence-electron chi connectivity index (χ3n) is 5.09. The lowest BCUT2D eigenvalue weighted by Gasteiger charge is -2.34. The molecule has 25 heavy (non-hydrogen) atoms. The predicted octanol–water partition coefficient (Wildman–Crippen LogP) is 0.0333. The molecular weight excluding hydrogens is 316 g/mol. The molecule has 2 aliphatic rings. The molecule has 2 unspecified atom stereocenters. The van der Waals surface area contributed by atoms with E-state index in [-0.39, 0.29) is 18.1 Å². The van der Waals surface area contributed by atoms with E-state index in [4.69, 9.17) is 0 Å². The number of amides is 1. The van der Waals surface area contributed by atoms with Crippen molar-refractivity contribution in [1.82, 2.24) is 20.4 Å². The molecule has 0 aromatic heterocycles. The molecular formula is C19H30N4O2. The molecule has 0 bridgehead atoms. The van der Waals surface area contributed by atoms with Gasteiger partial charge < -0.3 is 20.6 Å². The maximum Gasteiger partial charge on any atom is 0.237 e. The van der Waals surface area contributed by atoms with Crippen LogP contribution in [0.1, 0.15) is 18.4 Å². The average molecular weight is 346 g/mol. The van der Waals surface area contributed by atoms with E-state index in [1.54, 1.807) is 0 Å². The number of piperazine rings is 1. The lowest BCUT2D eigenvalue weighted by molar-refractivity contribution is -0.122. The largest absolute Gasteiger partial charge is 0.392 e. The van der Waals surface area contributed by atoms with Crippen molar-refractivity contribution in [3.05, 3.63) is 35.9 Å². The number of aliphatic hydroxyl groups is 1. The van der Waals surface area contributed by atoms with Crippen molar-refractivity contribution in [2.45, 2.75) is 31.5 Å². The molecule has 0 aliphatic carbocycles. The molecule has 1 aromatic carbocycles. The Morgan fingerprint density at radius 1 is 1.16 bits per heavy atom. The van der Waals surface area contributed by atoms with E-state index in [0.29, 0.717) is 19.5 Å². The summed E-state index contributed by atoms with van der Waals surface area (Å²) in [6.07, 6.45) is 1.11. The van der Waals surface area contributed by atoms with Crippen LogP contribution < -0.4 is 10.6 Å². The van der Waals surface area contributed by atoms with Crippen LogP contribution >= 0.6 is 0 Å². The SMILES string of the molecule is O=C(NCCCN1CCN(Cc2ccccc2)CC1)C1CC(O)CN1. The summed E-state index contributed by atoms with van der Waals surface area (Å²) in [7, 11) is 0. The standard InChI is InChI=1S/C19H30N4O2/c24-17-13-18(21-14-17)19(25)20-7-4-8-22-9-11-23(12-10-22)15-16-5-2-1-3-6-16/h1-3,5-6,17-18,21,24H,4,7-15H2,(H,20,25). The predicted molar refractivity (Wildman–Crippen MR) is 98.2 cm³/mol. The van der Waals surface area contributed by atoms with Gasteiger partial charge in [-0.25, -0.2) is 0 Å². The Bertz CT molecular complexity index is 531. The zero-order valence-electron chi connectivity index (χ0n) is 14.9. The maximum atomic E-state index is 12.0. The minimum atomic E-state index is -0.386. The summed E-state index contributed by atoms with van der Waals surface area (Å²) in [5.74, 6) is 0.0178. The van der Waals surface area contributed by atoms with Gasteiger partial charge in [-0.15, -0.1) is 0 Å². The lowest BCUT2D eigenvalue weighted by Crippen LogP contribution is -2.46. The number of nitrogens with one attached hydrogen (secondary N) is 2. The summed E-state index contributed by atoms with van der Waals surface area (Å²) < 4.78 is 0. The zero-order valence-corrected chi connectivity index (χ0v) is 14.9. The fraction of sp³-hybridized carbons (Fsp3) is 0.632. The van der Waals surface area contributed by atoms with E-state index < -0.39 is 0 Å². The summed E-state index contributed by atoms with van der Waals surface area (Å²) >= 11 is 0. The topological polar surface area (TPSA) is 67.8 Å². The van der Waals surface area contributed by atoms with Gasteiger partial charge in [0.15, 0.2) is 0 Å². The van der Waals surface area contributed by atoms with E-state index in [2.05, 4.69) is 50.8 Å². The fourth-order valence-electron chi connectivity index (χ4n) is 3.57. The van der Waals surface area contributed by atoms with E-state index in [1.165, 1.54) is 5.56 Å². The van der Waals surface area contributed by atoms with Crippen LogP contribution in [0, 0.1) is 0 Å². The summed E-state index contributed by atoms with van der Waals surface area (Å²) in [6.45, 7) is 7.68. The third-order valence-corrected chi connectivity index (χ3v) is 5.09. The number of carbonyl (C=O) groups excluding carboxylic acids is 1. The van der Waals surface area contributed by atoms with Gasteiger partial charge in [0.05, 0.1) is 12.1 Å². The second-order valence-corrected chi connectivity index (χ2v) is 7.10. The Balaban J connectivity index is 1.26. The Labute approximate surface area is 150 Å². The molecule has 0 saturated carbocycles. The van der Waals surface area contributed by atoms with Gasteiger partial charge in [-0.3, -0.25) is 9.69 Å². The van der Waals surface area contributed by atoms with Crippen LogP contribution in [0.2, 0.25) is 0 Å². The number of carbonyl (C=O) groups is 1. The molecule has 0 spiro atoms. The third kappa shape index (κ3) is 5.78. The molecule has 2 atom stereocenters. The molecule has 138 valence electrons. The van der Waals surface area contributed by atoms with E-state index in [9.17, 15) is 9.90 Å². The summed E-state index contributed by atoms with van der Waals surface area (Å²) in [4.78, 5) is 16.9. The molecule has 1 aromatic rings. The molecule has 6 heteroatoms. The van der Waals surface area contributed by atoms with Crippen LogP contribution in [-0.4, -0.2) is 78.8 Å². The Kier molecular flexibility index (Phi) is 6.81. The van der Waals surface area contributed by atoms with Gasteiger partial charge >= 0.3 is 0 Å². The maximum absolute atomic E-state index is 12.0. The Hall–Kier alpha value is -1.47. The smallest absolute Gasteiger partial charge is 0.237 e. The first-order valence-corrected chi connectivity index (χ1v) is 9.38. The highest BCUT2D eigenvalue weighted by molar-refractivity contribution is 5.82. The number of aliphatic hydroxyl groups excluding tert-OH is 1. The number of hydrogen-bond donors (Lipinski definition) is 3. The highest BCUT2D eigenvalue weighted by atomic mass is 16.3. The van der Waals surface area contributed by atoms with Gasteiger partial charge in [-0.05, 0) is 24.9 Å². The van der Waals surface area contributed by atoms with Gasteiger partial charge in [0.25, 0.3) is 0 Å². The molecule has 1 amide bonds. The van der Waals surface area contributed by atoms with Crippen LogP contribution in [-0.2, 0) is 11.3 Å². The quantitative estimate of drug-likeness (QED) is 0.608. The molecule has 2 heterocycles. The van der Waals surface area contributed by atoms with Gasteiger partial charge in [0.1, 0.15) is 0 Å². The summed E-state index contributed by atoms with van der Waals surface area (Å²) in [6, 6.07) is 10.4. The van der Waals surface area contributed by atoms with E-state index >= 15 is 0 Å². The monoisotopic (exact) mass is 346 g/mol. The second kappa shape index (κ2) is 9.29. The number of benzene rings is 1. The molecule has 0 radical (unpaired) electrons. The van der Waals surface area contributed by atoms with Crippen LogP contribution in [0.25, 0.3) is 0 Å².